The van der Waals surface area contributed by atoms with Gasteiger partial charge in [-0.1, -0.05) is 41.9 Å². The number of aldehydes is 1. The van der Waals surface area contributed by atoms with Gasteiger partial charge in [0, 0.05) is 5.56 Å². The van der Waals surface area contributed by atoms with E-state index in [-0.39, 0.29) is 0 Å². The van der Waals surface area contributed by atoms with Crippen molar-refractivity contribution in [2.45, 2.75) is 6.61 Å². The number of furan rings is 1. The minimum Gasteiger partial charge on any atom is -0.487 e. The molecule has 3 aromatic rings. The second kappa shape index (κ2) is 6.50. The van der Waals surface area contributed by atoms with Crippen molar-refractivity contribution in [3.05, 3.63) is 77.0 Å². The third-order valence-corrected chi connectivity index (χ3v) is 3.50. The molecule has 0 radical (unpaired) electrons. The van der Waals surface area contributed by atoms with Crippen LogP contribution in [0, 0.1) is 0 Å². The molecule has 110 valence electrons. The van der Waals surface area contributed by atoms with Crippen molar-refractivity contribution in [1.82, 2.24) is 0 Å². The standard InChI is InChI=1S/C18H13ClO3/c19-16-6-1-2-7-18(16)21-12-13-4-3-5-14(10-13)17-9-8-15(11-20)22-17/h1-11H,12H2. The van der Waals surface area contributed by atoms with Gasteiger partial charge in [-0.25, -0.2) is 0 Å². The molecule has 0 aliphatic rings. The number of hydrogen-bond donors (Lipinski definition) is 0. The maximum absolute atomic E-state index is 10.7. The Morgan fingerprint density at radius 2 is 1.91 bits per heavy atom. The van der Waals surface area contributed by atoms with Crippen molar-refractivity contribution < 1.29 is 13.9 Å². The molecule has 22 heavy (non-hydrogen) atoms. The van der Waals surface area contributed by atoms with Gasteiger partial charge in [0.2, 0.25) is 0 Å². The van der Waals surface area contributed by atoms with E-state index in [0.717, 1.165) is 11.1 Å². The molecule has 0 unspecified atom stereocenters. The maximum atomic E-state index is 10.7. The highest BCUT2D eigenvalue weighted by Crippen LogP contribution is 2.26. The summed E-state index contributed by atoms with van der Waals surface area (Å²) < 4.78 is 11.1. The lowest BCUT2D eigenvalue weighted by atomic mass is 10.1. The van der Waals surface area contributed by atoms with E-state index in [2.05, 4.69) is 0 Å². The van der Waals surface area contributed by atoms with E-state index < -0.39 is 0 Å². The van der Waals surface area contributed by atoms with Gasteiger partial charge in [-0.05, 0) is 35.9 Å². The minimum atomic E-state index is 0.313. The van der Waals surface area contributed by atoms with E-state index in [9.17, 15) is 4.79 Å². The summed E-state index contributed by atoms with van der Waals surface area (Å²) in [7, 11) is 0. The van der Waals surface area contributed by atoms with Crippen molar-refractivity contribution in [3.8, 4) is 17.1 Å². The Morgan fingerprint density at radius 1 is 1.05 bits per heavy atom. The Hall–Kier alpha value is -2.52. The Bertz CT molecular complexity index is 792. The quantitative estimate of drug-likeness (QED) is 0.623. The Kier molecular flexibility index (Phi) is 4.26. The Labute approximate surface area is 133 Å². The van der Waals surface area contributed by atoms with Crippen LogP contribution in [0.25, 0.3) is 11.3 Å². The molecule has 3 rings (SSSR count). The van der Waals surface area contributed by atoms with Crippen molar-refractivity contribution in [1.29, 1.82) is 0 Å². The summed E-state index contributed by atoms with van der Waals surface area (Å²) in [5, 5.41) is 0.584. The lowest BCUT2D eigenvalue weighted by Crippen LogP contribution is -1.96. The van der Waals surface area contributed by atoms with Crippen LogP contribution in [0.1, 0.15) is 16.1 Å². The third kappa shape index (κ3) is 3.21. The molecule has 0 fully saturated rings. The molecule has 2 aromatic carbocycles. The van der Waals surface area contributed by atoms with Gasteiger partial charge < -0.3 is 9.15 Å². The SMILES string of the molecule is O=Cc1ccc(-c2cccc(COc3ccccc3Cl)c2)o1. The average molecular weight is 313 g/mol. The van der Waals surface area contributed by atoms with E-state index in [1.807, 2.05) is 42.5 Å². The van der Waals surface area contributed by atoms with Crippen LogP contribution in [-0.4, -0.2) is 6.29 Å². The van der Waals surface area contributed by atoms with E-state index in [1.165, 1.54) is 0 Å². The summed E-state index contributed by atoms with van der Waals surface area (Å²) in [4.78, 5) is 10.7. The first-order valence-electron chi connectivity index (χ1n) is 6.78. The van der Waals surface area contributed by atoms with Gasteiger partial charge in [0.05, 0.1) is 5.02 Å². The lowest BCUT2D eigenvalue weighted by molar-refractivity contribution is 0.110. The molecule has 0 saturated carbocycles. The molecule has 0 N–H and O–H groups in total. The van der Waals surface area contributed by atoms with Crippen LogP contribution >= 0.6 is 11.6 Å². The van der Waals surface area contributed by atoms with Gasteiger partial charge >= 0.3 is 0 Å². The fraction of sp³-hybridized carbons (Fsp3) is 0.0556. The molecular weight excluding hydrogens is 300 g/mol. The number of carbonyl (C=O) groups is 1. The molecule has 0 atom stereocenters. The highest BCUT2D eigenvalue weighted by molar-refractivity contribution is 6.32. The fourth-order valence-corrected chi connectivity index (χ4v) is 2.30. The van der Waals surface area contributed by atoms with E-state index >= 15 is 0 Å². The average Bonchev–Trinajstić information content (AvgIpc) is 3.03. The highest BCUT2D eigenvalue weighted by atomic mass is 35.5. The second-order valence-corrected chi connectivity index (χ2v) is 5.15. The minimum absolute atomic E-state index is 0.313. The summed E-state index contributed by atoms with van der Waals surface area (Å²) in [6, 6.07) is 18.5. The molecule has 0 spiro atoms. The van der Waals surface area contributed by atoms with Crippen LogP contribution in [0.4, 0.5) is 0 Å². The second-order valence-electron chi connectivity index (χ2n) is 4.74. The van der Waals surface area contributed by atoms with Crippen molar-refractivity contribution >= 4 is 17.9 Å². The van der Waals surface area contributed by atoms with Crippen molar-refractivity contribution in [3.63, 3.8) is 0 Å². The van der Waals surface area contributed by atoms with Gasteiger partial charge in [0.15, 0.2) is 12.0 Å². The zero-order valence-corrected chi connectivity index (χ0v) is 12.4. The third-order valence-electron chi connectivity index (χ3n) is 3.19. The van der Waals surface area contributed by atoms with Crippen LogP contribution in [0.15, 0.2) is 65.1 Å². The molecule has 0 amide bonds. The number of benzene rings is 2. The Balaban J connectivity index is 1.76. The van der Waals surface area contributed by atoms with E-state index in [4.69, 9.17) is 20.8 Å². The molecule has 0 aliphatic heterocycles. The van der Waals surface area contributed by atoms with Gasteiger partial charge in [-0.2, -0.15) is 0 Å². The van der Waals surface area contributed by atoms with E-state index in [0.29, 0.717) is 35.2 Å². The summed E-state index contributed by atoms with van der Waals surface area (Å²) in [6.07, 6.45) is 0.688. The molecule has 0 aliphatic carbocycles. The lowest BCUT2D eigenvalue weighted by Gasteiger charge is -2.08. The molecule has 0 saturated heterocycles. The molecule has 4 heteroatoms. The van der Waals surface area contributed by atoms with Crippen LogP contribution < -0.4 is 4.74 Å². The first-order valence-corrected chi connectivity index (χ1v) is 7.16. The number of para-hydroxylation sites is 1. The molecule has 1 aromatic heterocycles. The zero-order valence-electron chi connectivity index (χ0n) is 11.7. The first-order chi connectivity index (χ1) is 10.8. The fourth-order valence-electron chi connectivity index (χ4n) is 2.11. The Morgan fingerprint density at radius 3 is 2.68 bits per heavy atom. The first kappa shape index (κ1) is 14.4. The number of carbonyl (C=O) groups excluding carboxylic acids is 1. The molecule has 0 bridgehead atoms. The molecule has 1 heterocycles. The number of hydrogen-bond acceptors (Lipinski definition) is 3. The highest BCUT2D eigenvalue weighted by Gasteiger charge is 2.06. The predicted molar refractivity (Wildman–Crippen MR) is 85.3 cm³/mol. The molecule has 3 nitrogen and oxygen atoms in total. The maximum Gasteiger partial charge on any atom is 0.185 e. The normalized spacial score (nSPS) is 10.4. The van der Waals surface area contributed by atoms with E-state index in [1.54, 1.807) is 18.2 Å². The number of halogens is 1. The predicted octanol–water partition coefficient (Wildman–Crippen LogP) is 4.99. The summed E-state index contributed by atoms with van der Waals surface area (Å²) in [5.41, 5.74) is 1.88. The van der Waals surface area contributed by atoms with Gasteiger partial charge in [0.25, 0.3) is 0 Å². The van der Waals surface area contributed by atoms with Gasteiger partial charge in [-0.3, -0.25) is 4.79 Å². The number of ether oxygens (including phenoxy) is 1. The summed E-state index contributed by atoms with van der Waals surface area (Å²) in [6.45, 7) is 0.402. The summed E-state index contributed by atoms with van der Waals surface area (Å²) >= 11 is 6.06. The van der Waals surface area contributed by atoms with Gasteiger partial charge in [-0.15, -0.1) is 0 Å². The van der Waals surface area contributed by atoms with Crippen molar-refractivity contribution in [2.75, 3.05) is 0 Å². The van der Waals surface area contributed by atoms with Crippen LogP contribution in [0.3, 0.4) is 0 Å². The largest absolute Gasteiger partial charge is 0.487 e. The zero-order chi connectivity index (χ0) is 15.4. The van der Waals surface area contributed by atoms with Gasteiger partial charge in [0.1, 0.15) is 18.1 Å². The van der Waals surface area contributed by atoms with Crippen LogP contribution in [0.2, 0.25) is 5.02 Å². The smallest absolute Gasteiger partial charge is 0.185 e. The topological polar surface area (TPSA) is 39.4 Å². The van der Waals surface area contributed by atoms with Crippen LogP contribution in [-0.2, 0) is 6.61 Å². The molecular formula is C18H13ClO3. The monoisotopic (exact) mass is 312 g/mol. The van der Waals surface area contributed by atoms with Crippen molar-refractivity contribution in [2.24, 2.45) is 0 Å². The van der Waals surface area contributed by atoms with Crippen LogP contribution in [0.5, 0.6) is 5.75 Å². The summed E-state index contributed by atoms with van der Waals surface area (Å²) in [5.74, 6) is 1.62. The number of rotatable bonds is 5.